The first-order chi connectivity index (χ1) is 8.15. The van der Waals surface area contributed by atoms with E-state index in [1.807, 2.05) is 0 Å². The summed E-state index contributed by atoms with van der Waals surface area (Å²) in [5.41, 5.74) is 5.36. The van der Waals surface area contributed by atoms with Gasteiger partial charge in [-0.2, -0.15) is 4.98 Å². The smallest absolute Gasteiger partial charge is 0.234 e. The number of anilines is 1. The van der Waals surface area contributed by atoms with Gasteiger partial charge in [0.25, 0.3) is 0 Å². The zero-order chi connectivity index (χ0) is 12.3. The number of pyridine rings is 1. The van der Waals surface area contributed by atoms with Gasteiger partial charge >= 0.3 is 0 Å². The van der Waals surface area contributed by atoms with Crippen molar-refractivity contribution < 1.29 is 9.47 Å². The van der Waals surface area contributed by atoms with Crippen LogP contribution in [0.4, 0.5) is 5.82 Å². The Kier molecular flexibility index (Phi) is 3.98. The maximum atomic E-state index is 5.99. The zero-order valence-electron chi connectivity index (χ0n) is 8.98. The second-order valence-corrected chi connectivity index (χ2v) is 4.42. The molecule has 0 bridgehead atoms. The molecule has 2 rings (SSSR count). The third-order valence-electron chi connectivity index (χ3n) is 2.23. The molecule has 3 N–H and O–H groups in total. The fourth-order valence-corrected chi connectivity index (χ4v) is 1.72. The molecular weight excluding hydrogens is 262 g/mol. The van der Waals surface area contributed by atoms with Gasteiger partial charge in [-0.1, -0.05) is 11.6 Å². The summed E-state index contributed by atoms with van der Waals surface area (Å²) in [6.45, 7) is 1.26. The molecule has 0 amide bonds. The van der Waals surface area contributed by atoms with Crippen LogP contribution in [-0.4, -0.2) is 29.4 Å². The van der Waals surface area contributed by atoms with Gasteiger partial charge in [0.05, 0.1) is 13.2 Å². The molecule has 5 nitrogen and oxygen atoms in total. The van der Waals surface area contributed by atoms with Gasteiger partial charge in [-0.05, 0) is 24.4 Å². The van der Waals surface area contributed by atoms with Crippen LogP contribution < -0.4 is 15.8 Å². The van der Waals surface area contributed by atoms with Gasteiger partial charge in [0, 0.05) is 6.42 Å². The molecule has 0 spiro atoms. The fourth-order valence-electron chi connectivity index (χ4n) is 1.47. The molecular formula is C10H12ClN3O2S. The summed E-state index contributed by atoms with van der Waals surface area (Å²) in [6, 6.07) is 3.36. The summed E-state index contributed by atoms with van der Waals surface area (Å²) in [6.07, 6.45) is 0.838. The molecule has 92 valence electrons. The second kappa shape index (κ2) is 5.48. The Hall–Kier alpha value is -1.11. The second-order valence-electron chi connectivity index (χ2n) is 3.58. The van der Waals surface area contributed by atoms with Crippen molar-refractivity contribution in [1.82, 2.24) is 4.98 Å². The van der Waals surface area contributed by atoms with Crippen LogP contribution >= 0.6 is 23.8 Å². The van der Waals surface area contributed by atoms with Crippen molar-refractivity contribution >= 4 is 34.7 Å². The molecule has 0 aromatic carbocycles. The SMILES string of the molecule is NC(=S)Nc1ccc(Cl)c(OC2CCOC2)n1. The molecule has 0 radical (unpaired) electrons. The van der Waals surface area contributed by atoms with Gasteiger partial charge in [-0.3, -0.25) is 0 Å². The molecule has 1 unspecified atom stereocenters. The van der Waals surface area contributed by atoms with Crippen molar-refractivity contribution in [2.24, 2.45) is 5.73 Å². The summed E-state index contributed by atoms with van der Waals surface area (Å²) >= 11 is 10.7. The summed E-state index contributed by atoms with van der Waals surface area (Å²) in [4.78, 5) is 4.19. The van der Waals surface area contributed by atoms with E-state index in [0.717, 1.165) is 6.42 Å². The number of hydrogen-bond donors (Lipinski definition) is 2. The highest BCUT2D eigenvalue weighted by atomic mass is 35.5. The van der Waals surface area contributed by atoms with E-state index < -0.39 is 0 Å². The summed E-state index contributed by atoms with van der Waals surface area (Å²) in [5, 5.41) is 3.32. The van der Waals surface area contributed by atoms with Crippen LogP contribution in [0, 0.1) is 0 Å². The lowest BCUT2D eigenvalue weighted by molar-refractivity contribution is 0.138. The highest BCUT2D eigenvalue weighted by molar-refractivity contribution is 7.80. The largest absolute Gasteiger partial charge is 0.471 e. The highest BCUT2D eigenvalue weighted by Crippen LogP contribution is 2.26. The number of hydrogen-bond acceptors (Lipinski definition) is 4. The molecule has 7 heteroatoms. The van der Waals surface area contributed by atoms with Gasteiger partial charge in [-0.15, -0.1) is 0 Å². The van der Waals surface area contributed by atoms with E-state index >= 15 is 0 Å². The topological polar surface area (TPSA) is 69.4 Å². The number of nitrogens with two attached hydrogens (primary N) is 1. The quantitative estimate of drug-likeness (QED) is 0.815. The number of halogens is 1. The molecule has 1 aromatic heterocycles. The first-order valence-electron chi connectivity index (χ1n) is 5.12. The van der Waals surface area contributed by atoms with Crippen LogP contribution in [0.3, 0.4) is 0 Å². The van der Waals surface area contributed by atoms with Gasteiger partial charge in [-0.25, -0.2) is 0 Å². The average molecular weight is 274 g/mol. The monoisotopic (exact) mass is 273 g/mol. The van der Waals surface area contributed by atoms with E-state index in [4.69, 9.17) is 39.0 Å². The van der Waals surface area contributed by atoms with Crippen molar-refractivity contribution in [2.75, 3.05) is 18.5 Å². The zero-order valence-corrected chi connectivity index (χ0v) is 10.6. The Morgan fingerprint density at radius 1 is 1.65 bits per heavy atom. The number of aromatic nitrogens is 1. The molecule has 1 atom stereocenters. The van der Waals surface area contributed by atoms with Crippen molar-refractivity contribution in [1.29, 1.82) is 0 Å². The lowest BCUT2D eigenvalue weighted by Gasteiger charge is -2.13. The van der Waals surface area contributed by atoms with E-state index in [2.05, 4.69) is 10.3 Å². The van der Waals surface area contributed by atoms with Crippen LogP contribution in [-0.2, 0) is 4.74 Å². The summed E-state index contributed by atoms with van der Waals surface area (Å²) in [5.74, 6) is 0.874. The van der Waals surface area contributed by atoms with Gasteiger partial charge in [0.1, 0.15) is 16.9 Å². The molecule has 0 saturated carbocycles. The lowest BCUT2D eigenvalue weighted by atomic mass is 10.3. The van der Waals surface area contributed by atoms with Crippen molar-refractivity contribution in [3.05, 3.63) is 17.2 Å². The van der Waals surface area contributed by atoms with E-state index in [-0.39, 0.29) is 11.2 Å². The maximum absolute atomic E-state index is 5.99. The van der Waals surface area contributed by atoms with Crippen LogP contribution in [0.15, 0.2) is 12.1 Å². The molecule has 1 fully saturated rings. The maximum Gasteiger partial charge on any atom is 0.234 e. The molecule has 1 saturated heterocycles. The van der Waals surface area contributed by atoms with Gasteiger partial charge < -0.3 is 20.5 Å². The van der Waals surface area contributed by atoms with E-state index in [9.17, 15) is 0 Å². The van der Waals surface area contributed by atoms with Crippen LogP contribution in [0.1, 0.15) is 6.42 Å². The standard InChI is InChI=1S/C10H12ClN3O2S/c11-7-1-2-8(14-10(12)17)13-9(7)16-6-3-4-15-5-6/h1-2,6H,3-5H2,(H3,12,13,14,17). The molecule has 1 aliphatic rings. The number of thiocarbonyl (C=S) groups is 1. The number of nitrogens with one attached hydrogen (secondary N) is 1. The van der Waals surface area contributed by atoms with Crippen molar-refractivity contribution in [3.63, 3.8) is 0 Å². The Balaban J connectivity index is 2.10. The van der Waals surface area contributed by atoms with Gasteiger partial charge in [0.2, 0.25) is 5.88 Å². The summed E-state index contributed by atoms with van der Waals surface area (Å²) in [7, 11) is 0. The molecule has 2 heterocycles. The van der Waals surface area contributed by atoms with Crippen molar-refractivity contribution in [3.8, 4) is 5.88 Å². The molecule has 1 aliphatic heterocycles. The minimum Gasteiger partial charge on any atom is -0.471 e. The Morgan fingerprint density at radius 2 is 2.47 bits per heavy atom. The van der Waals surface area contributed by atoms with Gasteiger partial charge in [0.15, 0.2) is 5.11 Å². The first-order valence-corrected chi connectivity index (χ1v) is 5.91. The molecule has 17 heavy (non-hydrogen) atoms. The summed E-state index contributed by atoms with van der Waals surface area (Å²) < 4.78 is 10.8. The Labute approximate surface area is 109 Å². The van der Waals surface area contributed by atoms with Crippen LogP contribution in [0.2, 0.25) is 5.02 Å². The van der Waals surface area contributed by atoms with E-state index in [1.165, 1.54) is 0 Å². The first kappa shape index (κ1) is 12.3. The minimum absolute atomic E-state index is 0.0000723. The lowest BCUT2D eigenvalue weighted by Crippen LogP contribution is -2.20. The predicted octanol–water partition coefficient (Wildman–Crippen LogP) is 1.56. The molecule has 0 aliphatic carbocycles. The fraction of sp³-hybridized carbons (Fsp3) is 0.400. The van der Waals surface area contributed by atoms with E-state index in [1.54, 1.807) is 12.1 Å². The number of ether oxygens (including phenoxy) is 2. The third kappa shape index (κ3) is 3.42. The number of rotatable bonds is 3. The predicted molar refractivity (Wildman–Crippen MR) is 69.5 cm³/mol. The third-order valence-corrected chi connectivity index (χ3v) is 2.62. The normalized spacial score (nSPS) is 19.0. The Bertz CT molecular complexity index is 424. The Morgan fingerprint density at radius 3 is 3.12 bits per heavy atom. The molecule has 1 aromatic rings. The van der Waals surface area contributed by atoms with Crippen LogP contribution in [0.25, 0.3) is 0 Å². The number of nitrogens with zero attached hydrogens (tertiary/aromatic N) is 1. The average Bonchev–Trinajstić information content (AvgIpc) is 2.75. The van der Waals surface area contributed by atoms with E-state index in [0.29, 0.717) is 29.9 Å². The van der Waals surface area contributed by atoms with Crippen LogP contribution in [0.5, 0.6) is 5.88 Å². The highest BCUT2D eigenvalue weighted by Gasteiger charge is 2.19. The minimum atomic E-state index is 0.0000723. The van der Waals surface area contributed by atoms with Crippen molar-refractivity contribution in [2.45, 2.75) is 12.5 Å².